The van der Waals surface area contributed by atoms with Gasteiger partial charge in [-0.15, -0.1) is 5.10 Å². The number of carbonyl (C=O) groups is 1. The number of aliphatic hydroxyl groups is 1. The van der Waals surface area contributed by atoms with Crippen LogP contribution in [-0.2, 0) is 11.3 Å². The molecule has 1 saturated carbocycles. The molecule has 1 heterocycles. The van der Waals surface area contributed by atoms with Crippen molar-refractivity contribution in [1.82, 2.24) is 20.3 Å². The summed E-state index contributed by atoms with van der Waals surface area (Å²) < 4.78 is 6.95. The second-order valence-corrected chi connectivity index (χ2v) is 6.22. The maximum Gasteiger partial charge on any atom is 0.407 e. The molecule has 0 radical (unpaired) electrons. The molecule has 0 aromatic carbocycles. The first-order valence-electron chi connectivity index (χ1n) is 6.86. The fourth-order valence-corrected chi connectivity index (χ4v) is 2.12. The Morgan fingerprint density at radius 1 is 1.55 bits per heavy atom. The minimum Gasteiger partial charge on any atom is -0.444 e. The topological polar surface area (TPSA) is 89.3 Å². The zero-order valence-electron chi connectivity index (χ0n) is 12.2. The molecule has 0 spiro atoms. The number of nitrogens with zero attached hydrogens (tertiary/aromatic N) is 3. The first-order valence-corrected chi connectivity index (χ1v) is 6.86. The molecule has 0 bridgehead atoms. The van der Waals surface area contributed by atoms with Gasteiger partial charge < -0.3 is 15.2 Å². The Morgan fingerprint density at radius 2 is 2.25 bits per heavy atom. The Bertz CT molecular complexity index is 460. The second kappa shape index (κ2) is 5.78. The zero-order chi connectivity index (χ0) is 14.8. The van der Waals surface area contributed by atoms with Gasteiger partial charge in [-0.25, -0.2) is 9.48 Å². The van der Waals surface area contributed by atoms with Crippen LogP contribution < -0.4 is 5.32 Å². The van der Waals surface area contributed by atoms with Gasteiger partial charge in [0.25, 0.3) is 0 Å². The van der Waals surface area contributed by atoms with E-state index >= 15 is 0 Å². The van der Waals surface area contributed by atoms with Crippen LogP contribution >= 0.6 is 0 Å². The summed E-state index contributed by atoms with van der Waals surface area (Å²) in [7, 11) is 0. The molecule has 1 fully saturated rings. The van der Waals surface area contributed by atoms with Gasteiger partial charge in [0, 0.05) is 6.61 Å². The lowest BCUT2D eigenvalue weighted by Gasteiger charge is -2.33. The van der Waals surface area contributed by atoms with E-state index in [1.807, 2.05) is 27.0 Å². The highest BCUT2D eigenvalue weighted by Crippen LogP contribution is 2.36. The molecule has 1 aliphatic rings. The Labute approximate surface area is 118 Å². The Balaban J connectivity index is 1.77. The van der Waals surface area contributed by atoms with Crippen molar-refractivity contribution < 1.29 is 14.6 Å². The third-order valence-corrected chi connectivity index (χ3v) is 3.21. The average Bonchev–Trinajstić information content (AvgIpc) is 2.71. The van der Waals surface area contributed by atoms with Crippen molar-refractivity contribution in [2.45, 2.75) is 51.8 Å². The van der Waals surface area contributed by atoms with Gasteiger partial charge in [-0.3, -0.25) is 0 Å². The van der Waals surface area contributed by atoms with Crippen molar-refractivity contribution in [3.63, 3.8) is 0 Å². The molecule has 7 nitrogen and oxygen atoms in total. The van der Waals surface area contributed by atoms with E-state index in [0.29, 0.717) is 24.2 Å². The number of rotatable bonds is 4. The van der Waals surface area contributed by atoms with Crippen LogP contribution in [-0.4, -0.2) is 38.4 Å². The van der Waals surface area contributed by atoms with Gasteiger partial charge in [0.15, 0.2) is 0 Å². The van der Waals surface area contributed by atoms with Crippen LogP contribution in [0.4, 0.5) is 4.79 Å². The SMILES string of the molecule is CC(C)(C)OC(=O)NCc1cn(C2CC(CO)C2)nn1. The quantitative estimate of drug-likeness (QED) is 0.867. The van der Waals surface area contributed by atoms with Gasteiger partial charge in [0.05, 0.1) is 18.8 Å². The molecule has 0 atom stereocenters. The van der Waals surface area contributed by atoms with E-state index in [4.69, 9.17) is 9.84 Å². The van der Waals surface area contributed by atoms with Crippen molar-refractivity contribution in [1.29, 1.82) is 0 Å². The zero-order valence-corrected chi connectivity index (χ0v) is 12.2. The standard InChI is InChI=1S/C13H22N4O3/c1-13(2,3)20-12(19)14-6-10-7-17(16-15-10)11-4-9(5-11)8-18/h7,9,11,18H,4-6,8H2,1-3H3,(H,14,19). The van der Waals surface area contributed by atoms with E-state index < -0.39 is 11.7 Å². The highest BCUT2D eigenvalue weighted by molar-refractivity contribution is 5.67. The molecule has 7 heteroatoms. The molecule has 0 unspecified atom stereocenters. The molecule has 0 saturated heterocycles. The maximum absolute atomic E-state index is 11.5. The molecule has 0 aliphatic heterocycles. The number of aromatic nitrogens is 3. The fourth-order valence-electron chi connectivity index (χ4n) is 2.12. The first-order chi connectivity index (χ1) is 9.37. The monoisotopic (exact) mass is 282 g/mol. The summed E-state index contributed by atoms with van der Waals surface area (Å²) in [6.07, 6.45) is 3.23. The molecule has 1 aliphatic carbocycles. The van der Waals surface area contributed by atoms with Crippen LogP contribution in [0.15, 0.2) is 6.20 Å². The first kappa shape index (κ1) is 14.8. The number of hydrogen-bond acceptors (Lipinski definition) is 5. The van der Waals surface area contributed by atoms with Crippen LogP contribution in [0, 0.1) is 5.92 Å². The molecule has 1 aromatic rings. The third-order valence-electron chi connectivity index (χ3n) is 3.21. The Hall–Kier alpha value is -1.63. The van der Waals surface area contributed by atoms with E-state index in [2.05, 4.69) is 15.6 Å². The number of amides is 1. The van der Waals surface area contributed by atoms with Crippen LogP contribution in [0.1, 0.15) is 45.3 Å². The van der Waals surface area contributed by atoms with Crippen LogP contribution in [0.2, 0.25) is 0 Å². The maximum atomic E-state index is 11.5. The van der Waals surface area contributed by atoms with Crippen LogP contribution in [0.3, 0.4) is 0 Å². The molecule has 2 rings (SSSR count). The summed E-state index contributed by atoms with van der Waals surface area (Å²) in [4.78, 5) is 11.5. The van der Waals surface area contributed by atoms with Gasteiger partial charge in [-0.05, 0) is 39.5 Å². The van der Waals surface area contributed by atoms with Crippen molar-refractivity contribution in [3.05, 3.63) is 11.9 Å². The van der Waals surface area contributed by atoms with Crippen molar-refractivity contribution >= 4 is 6.09 Å². The van der Waals surface area contributed by atoms with Crippen LogP contribution in [0.5, 0.6) is 0 Å². The highest BCUT2D eigenvalue weighted by Gasteiger charge is 2.30. The normalized spacial score (nSPS) is 22.2. The van der Waals surface area contributed by atoms with Crippen LogP contribution in [0.25, 0.3) is 0 Å². The number of aliphatic hydroxyl groups excluding tert-OH is 1. The third kappa shape index (κ3) is 3.93. The summed E-state index contributed by atoms with van der Waals surface area (Å²) in [5.74, 6) is 0.382. The largest absolute Gasteiger partial charge is 0.444 e. The van der Waals surface area contributed by atoms with Crippen molar-refractivity contribution in [2.24, 2.45) is 5.92 Å². The summed E-state index contributed by atoms with van der Waals surface area (Å²) in [5.41, 5.74) is 0.190. The van der Waals surface area contributed by atoms with E-state index in [-0.39, 0.29) is 6.61 Å². The van der Waals surface area contributed by atoms with Crippen molar-refractivity contribution in [2.75, 3.05) is 6.61 Å². The molecule has 1 amide bonds. The number of hydrogen-bond donors (Lipinski definition) is 2. The van der Waals surface area contributed by atoms with E-state index in [0.717, 1.165) is 12.8 Å². The number of ether oxygens (including phenoxy) is 1. The highest BCUT2D eigenvalue weighted by atomic mass is 16.6. The van der Waals surface area contributed by atoms with E-state index in [1.54, 1.807) is 4.68 Å². The molecule has 2 N–H and O–H groups in total. The number of carbonyl (C=O) groups excluding carboxylic acids is 1. The van der Waals surface area contributed by atoms with E-state index in [1.165, 1.54) is 0 Å². The van der Waals surface area contributed by atoms with Gasteiger partial charge in [-0.1, -0.05) is 5.21 Å². The lowest BCUT2D eigenvalue weighted by molar-refractivity contribution is 0.0523. The van der Waals surface area contributed by atoms with E-state index in [9.17, 15) is 4.79 Å². The summed E-state index contributed by atoms with van der Waals surface area (Å²) >= 11 is 0. The molecule has 112 valence electrons. The minimum absolute atomic E-state index is 0.234. The number of nitrogens with one attached hydrogen (secondary N) is 1. The van der Waals surface area contributed by atoms with Gasteiger partial charge in [-0.2, -0.15) is 0 Å². The minimum atomic E-state index is -0.507. The lowest BCUT2D eigenvalue weighted by atomic mass is 9.81. The summed E-state index contributed by atoms with van der Waals surface area (Å²) in [6.45, 7) is 5.98. The Morgan fingerprint density at radius 3 is 2.85 bits per heavy atom. The van der Waals surface area contributed by atoms with Crippen molar-refractivity contribution in [3.8, 4) is 0 Å². The smallest absolute Gasteiger partial charge is 0.407 e. The van der Waals surface area contributed by atoms with Gasteiger partial charge in [0.1, 0.15) is 11.3 Å². The summed E-state index contributed by atoms with van der Waals surface area (Å²) in [6, 6.07) is 0.315. The predicted molar refractivity (Wildman–Crippen MR) is 71.9 cm³/mol. The van der Waals surface area contributed by atoms with Gasteiger partial charge in [0.2, 0.25) is 0 Å². The Kier molecular flexibility index (Phi) is 4.27. The molecular formula is C13H22N4O3. The molecular weight excluding hydrogens is 260 g/mol. The number of alkyl carbamates (subject to hydrolysis) is 1. The lowest BCUT2D eigenvalue weighted by Crippen LogP contribution is -2.32. The predicted octanol–water partition coefficient (Wildman–Crippen LogP) is 1.25. The van der Waals surface area contributed by atoms with Gasteiger partial charge >= 0.3 is 6.09 Å². The molecule has 1 aromatic heterocycles. The fraction of sp³-hybridized carbons (Fsp3) is 0.769. The second-order valence-electron chi connectivity index (χ2n) is 6.22. The average molecular weight is 282 g/mol. The summed E-state index contributed by atoms with van der Waals surface area (Å²) in [5, 5.41) is 19.7. The molecule has 20 heavy (non-hydrogen) atoms.